The van der Waals surface area contributed by atoms with E-state index in [9.17, 15) is 9.90 Å². The highest BCUT2D eigenvalue weighted by atomic mass is 16.3. The fourth-order valence-electron chi connectivity index (χ4n) is 3.64. The van der Waals surface area contributed by atoms with Gasteiger partial charge in [0.1, 0.15) is 0 Å². The van der Waals surface area contributed by atoms with Crippen molar-refractivity contribution >= 4 is 5.91 Å². The summed E-state index contributed by atoms with van der Waals surface area (Å²) in [5.41, 5.74) is 2.36. The lowest BCUT2D eigenvalue weighted by Gasteiger charge is -2.31. The second kappa shape index (κ2) is 8.13. The van der Waals surface area contributed by atoms with E-state index in [2.05, 4.69) is 48.3 Å². The smallest absolute Gasteiger partial charge is 0.225 e. The minimum absolute atomic E-state index is 0.0271. The molecule has 1 aliphatic heterocycles. The van der Waals surface area contributed by atoms with Crippen LogP contribution in [0.4, 0.5) is 0 Å². The average Bonchev–Trinajstić information content (AvgIpc) is 2.51. The van der Waals surface area contributed by atoms with Crippen LogP contribution in [0.15, 0.2) is 24.3 Å². The second-order valence-electron chi connectivity index (χ2n) is 8.10. The zero-order valence-corrected chi connectivity index (χ0v) is 15.5. The van der Waals surface area contributed by atoms with E-state index in [0.29, 0.717) is 19.0 Å². The fourth-order valence-corrected chi connectivity index (χ4v) is 3.64. The summed E-state index contributed by atoms with van der Waals surface area (Å²) >= 11 is 0. The maximum atomic E-state index is 12.3. The van der Waals surface area contributed by atoms with Crippen LogP contribution in [-0.4, -0.2) is 41.7 Å². The molecule has 1 unspecified atom stereocenters. The van der Waals surface area contributed by atoms with Crippen LogP contribution < -0.4 is 5.32 Å². The van der Waals surface area contributed by atoms with Crippen LogP contribution >= 0.6 is 0 Å². The predicted octanol–water partition coefficient (Wildman–Crippen LogP) is 2.59. The first-order valence-corrected chi connectivity index (χ1v) is 9.03. The summed E-state index contributed by atoms with van der Waals surface area (Å²) in [5.74, 6) is 0.503. The summed E-state index contributed by atoms with van der Waals surface area (Å²) in [6.07, 6.45) is 1.34. The molecule has 1 aromatic rings. The fraction of sp³-hybridized carbons (Fsp3) is 0.650. The highest BCUT2D eigenvalue weighted by molar-refractivity contribution is 5.81. The van der Waals surface area contributed by atoms with E-state index in [4.69, 9.17) is 0 Å². The first kappa shape index (κ1) is 18.9. The van der Waals surface area contributed by atoms with Gasteiger partial charge in [0.15, 0.2) is 0 Å². The maximum absolute atomic E-state index is 12.3. The standard InChI is InChI=1S/C20H32N2O2/c1-15(2)11-20(3,4)19(24)21-12-18(23)14-22-10-9-16-7-5-6-8-17(16)13-22/h5-8,15,18,23H,9-14H2,1-4H3,(H,21,24). The molecule has 1 amide bonds. The number of benzene rings is 1. The largest absolute Gasteiger partial charge is 0.390 e. The van der Waals surface area contributed by atoms with Crippen molar-refractivity contribution in [2.75, 3.05) is 19.6 Å². The Morgan fingerprint density at radius 2 is 1.96 bits per heavy atom. The summed E-state index contributed by atoms with van der Waals surface area (Å²) in [7, 11) is 0. The molecule has 0 aliphatic carbocycles. The molecule has 0 radical (unpaired) electrons. The van der Waals surface area contributed by atoms with Crippen molar-refractivity contribution in [3.63, 3.8) is 0 Å². The summed E-state index contributed by atoms with van der Waals surface area (Å²) in [6.45, 7) is 10.9. The Balaban J connectivity index is 1.78. The van der Waals surface area contributed by atoms with E-state index in [1.54, 1.807) is 0 Å². The molecule has 1 heterocycles. The van der Waals surface area contributed by atoms with Gasteiger partial charge < -0.3 is 10.4 Å². The van der Waals surface area contributed by atoms with Crippen molar-refractivity contribution < 1.29 is 9.90 Å². The molecule has 2 rings (SSSR count). The van der Waals surface area contributed by atoms with Gasteiger partial charge in [0.2, 0.25) is 5.91 Å². The SMILES string of the molecule is CC(C)CC(C)(C)C(=O)NCC(O)CN1CCc2ccccc2C1. The predicted molar refractivity (Wildman–Crippen MR) is 97.7 cm³/mol. The molecule has 134 valence electrons. The number of fused-ring (bicyclic) bond motifs is 1. The molecule has 0 saturated carbocycles. The summed E-state index contributed by atoms with van der Waals surface area (Å²) in [4.78, 5) is 14.6. The monoisotopic (exact) mass is 332 g/mol. The number of carbonyl (C=O) groups excluding carboxylic acids is 1. The minimum Gasteiger partial charge on any atom is -0.390 e. The number of aliphatic hydroxyl groups excluding tert-OH is 1. The molecule has 0 fully saturated rings. The van der Waals surface area contributed by atoms with Gasteiger partial charge in [0.25, 0.3) is 0 Å². The molecule has 1 aliphatic rings. The van der Waals surface area contributed by atoms with E-state index in [-0.39, 0.29) is 5.91 Å². The number of rotatable bonds is 7. The van der Waals surface area contributed by atoms with Crippen molar-refractivity contribution in [1.82, 2.24) is 10.2 Å². The molecule has 4 nitrogen and oxygen atoms in total. The quantitative estimate of drug-likeness (QED) is 0.807. The van der Waals surface area contributed by atoms with Crippen LogP contribution in [0.25, 0.3) is 0 Å². The Morgan fingerprint density at radius 1 is 1.29 bits per heavy atom. The van der Waals surface area contributed by atoms with Crippen LogP contribution in [0, 0.1) is 11.3 Å². The zero-order valence-electron chi connectivity index (χ0n) is 15.5. The first-order chi connectivity index (χ1) is 11.3. The summed E-state index contributed by atoms with van der Waals surface area (Å²) in [5, 5.41) is 13.2. The van der Waals surface area contributed by atoms with Gasteiger partial charge in [-0.1, -0.05) is 52.0 Å². The molecule has 1 aromatic carbocycles. The normalized spacial score (nSPS) is 16.8. The molecule has 24 heavy (non-hydrogen) atoms. The Bertz CT molecular complexity index is 554. The third-order valence-electron chi connectivity index (χ3n) is 4.71. The van der Waals surface area contributed by atoms with Gasteiger partial charge in [-0.3, -0.25) is 9.69 Å². The summed E-state index contributed by atoms with van der Waals surface area (Å²) < 4.78 is 0. The van der Waals surface area contributed by atoms with Gasteiger partial charge in [0.05, 0.1) is 6.10 Å². The third-order valence-corrected chi connectivity index (χ3v) is 4.71. The van der Waals surface area contributed by atoms with E-state index in [1.807, 2.05) is 13.8 Å². The van der Waals surface area contributed by atoms with Gasteiger partial charge in [-0.05, 0) is 29.9 Å². The van der Waals surface area contributed by atoms with Gasteiger partial charge in [-0.2, -0.15) is 0 Å². The van der Waals surface area contributed by atoms with Crippen LogP contribution in [0.2, 0.25) is 0 Å². The van der Waals surface area contributed by atoms with E-state index in [0.717, 1.165) is 25.9 Å². The molecule has 4 heteroatoms. The van der Waals surface area contributed by atoms with Crippen LogP contribution in [-0.2, 0) is 17.8 Å². The number of nitrogens with one attached hydrogen (secondary N) is 1. The minimum atomic E-state index is -0.533. The van der Waals surface area contributed by atoms with Gasteiger partial charge in [-0.25, -0.2) is 0 Å². The van der Waals surface area contributed by atoms with Crippen LogP contribution in [0.1, 0.15) is 45.2 Å². The Morgan fingerprint density at radius 3 is 2.62 bits per heavy atom. The topological polar surface area (TPSA) is 52.6 Å². The second-order valence-corrected chi connectivity index (χ2v) is 8.10. The van der Waals surface area contributed by atoms with Crippen LogP contribution in [0.5, 0.6) is 0 Å². The molecule has 0 spiro atoms. The molecule has 2 N–H and O–H groups in total. The molecule has 0 saturated heterocycles. The molecule has 0 aromatic heterocycles. The van der Waals surface area contributed by atoms with E-state index in [1.165, 1.54) is 11.1 Å². The number of β-amino-alcohol motifs (C(OH)–C–C–N with tert-alkyl or cyclic N) is 1. The van der Waals surface area contributed by atoms with Crippen LogP contribution in [0.3, 0.4) is 0 Å². The van der Waals surface area contributed by atoms with Crippen molar-refractivity contribution in [1.29, 1.82) is 0 Å². The zero-order chi connectivity index (χ0) is 17.7. The molecule has 0 bridgehead atoms. The van der Waals surface area contributed by atoms with Crippen molar-refractivity contribution in [3.05, 3.63) is 35.4 Å². The Labute approximate surface area is 146 Å². The number of hydrogen-bond acceptors (Lipinski definition) is 3. The van der Waals surface area contributed by atoms with Gasteiger partial charge >= 0.3 is 0 Å². The van der Waals surface area contributed by atoms with Crippen molar-refractivity contribution in [2.45, 2.75) is 53.2 Å². The molecule has 1 atom stereocenters. The van der Waals surface area contributed by atoms with E-state index < -0.39 is 11.5 Å². The number of amides is 1. The Kier molecular flexibility index (Phi) is 6.41. The number of aliphatic hydroxyl groups is 1. The lowest BCUT2D eigenvalue weighted by Crippen LogP contribution is -2.45. The third kappa shape index (κ3) is 5.32. The lowest BCUT2D eigenvalue weighted by atomic mass is 9.83. The Hall–Kier alpha value is -1.39. The highest BCUT2D eigenvalue weighted by Crippen LogP contribution is 2.25. The number of hydrogen-bond donors (Lipinski definition) is 2. The average molecular weight is 332 g/mol. The van der Waals surface area contributed by atoms with Gasteiger partial charge in [-0.15, -0.1) is 0 Å². The number of nitrogens with zero attached hydrogens (tertiary/aromatic N) is 1. The van der Waals surface area contributed by atoms with E-state index >= 15 is 0 Å². The summed E-state index contributed by atoms with van der Waals surface area (Å²) in [6, 6.07) is 8.48. The molecular weight excluding hydrogens is 300 g/mol. The number of carbonyl (C=O) groups is 1. The van der Waals surface area contributed by atoms with Gasteiger partial charge in [0, 0.05) is 31.6 Å². The lowest BCUT2D eigenvalue weighted by molar-refractivity contribution is -0.130. The first-order valence-electron chi connectivity index (χ1n) is 9.03. The van der Waals surface area contributed by atoms with Crippen molar-refractivity contribution in [2.24, 2.45) is 11.3 Å². The van der Waals surface area contributed by atoms with Crippen molar-refractivity contribution in [3.8, 4) is 0 Å². The maximum Gasteiger partial charge on any atom is 0.225 e. The highest BCUT2D eigenvalue weighted by Gasteiger charge is 2.28. The molecular formula is C20H32N2O2.